The minimum atomic E-state index is -0.565. The summed E-state index contributed by atoms with van der Waals surface area (Å²) in [6.07, 6.45) is 0.238. The highest BCUT2D eigenvalue weighted by atomic mass is 35.5. The zero-order valence-corrected chi connectivity index (χ0v) is 9.17. The van der Waals surface area contributed by atoms with Crippen molar-refractivity contribution in [3.8, 4) is 0 Å². The highest BCUT2D eigenvalue weighted by Gasteiger charge is 2.23. The number of nitro groups is 1. The lowest BCUT2D eigenvalue weighted by Gasteiger charge is -2.04. The number of ketones is 1. The van der Waals surface area contributed by atoms with Crippen LogP contribution in [0.1, 0.15) is 29.3 Å². The molecule has 0 aliphatic heterocycles. The van der Waals surface area contributed by atoms with E-state index in [-0.39, 0.29) is 23.5 Å². The van der Waals surface area contributed by atoms with Crippen LogP contribution in [-0.4, -0.2) is 10.7 Å². The Bertz CT molecular complexity index is 429. The second kappa shape index (κ2) is 4.40. The third kappa shape index (κ3) is 2.15. The van der Waals surface area contributed by atoms with Gasteiger partial charge in [-0.1, -0.05) is 18.5 Å². The first kappa shape index (κ1) is 11.7. The Kier molecular flexibility index (Phi) is 3.42. The maximum absolute atomic E-state index is 11.5. The van der Waals surface area contributed by atoms with Crippen molar-refractivity contribution >= 4 is 23.1 Å². The number of Topliss-reactive ketones (excluding diaryl/α,β-unsaturated/α-hetero) is 1. The van der Waals surface area contributed by atoms with Gasteiger partial charge < -0.3 is 0 Å². The van der Waals surface area contributed by atoms with Crippen molar-refractivity contribution in [2.75, 3.05) is 0 Å². The van der Waals surface area contributed by atoms with E-state index in [2.05, 4.69) is 0 Å². The molecule has 0 radical (unpaired) electrons. The SMILES string of the molecule is CCC(=O)c1ccc(Cl)c(C)c1[N+](=O)[O-]. The van der Waals surface area contributed by atoms with Gasteiger partial charge >= 0.3 is 0 Å². The van der Waals surface area contributed by atoms with E-state index in [1.54, 1.807) is 6.92 Å². The summed E-state index contributed by atoms with van der Waals surface area (Å²) in [5, 5.41) is 11.1. The lowest BCUT2D eigenvalue weighted by atomic mass is 10.0. The van der Waals surface area contributed by atoms with Crippen LogP contribution in [0.2, 0.25) is 5.02 Å². The van der Waals surface area contributed by atoms with Gasteiger partial charge in [-0.2, -0.15) is 0 Å². The highest BCUT2D eigenvalue weighted by Crippen LogP contribution is 2.30. The number of benzene rings is 1. The number of rotatable bonds is 3. The number of halogens is 1. The van der Waals surface area contributed by atoms with Gasteiger partial charge in [0.05, 0.1) is 15.5 Å². The quantitative estimate of drug-likeness (QED) is 0.453. The summed E-state index contributed by atoms with van der Waals surface area (Å²) in [5.74, 6) is -0.249. The summed E-state index contributed by atoms with van der Waals surface area (Å²) >= 11 is 5.76. The van der Waals surface area contributed by atoms with Gasteiger partial charge in [-0.3, -0.25) is 14.9 Å². The molecule has 1 rings (SSSR count). The fourth-order valence-electron chi connectivity index (χ4n) is 1.33. The molecular formula is C10H10ClNO3. The topological polar surface area (TPSA) is 60.2 Å². The third-order valence-corrected chi connectivity index (χ3v) is 2.58. The first-order chi connectivity index (χ1) is 6.99. The largest absolute Gasteiger partial charge is 0.294 e. The highest BCUT2D eigenvalue weighted by molar-refractivity contribution is 6.31. The van der Waals surface area contributed by atoms with Crippen LogP contribution in [0.25, 0.3) is 0 Å². The van der Waals surface area contributed by atoms with E-state index in [0.717, 1.165) is 0 Å². The second-order valence-corrected chi connectivity index (χ2v) is 3.51. The Morgan fingerprint density at radius 1 is 1.53 bits per heavy atom. The number of nitrogens with zero attached hydrogens (tertiary/aromatic N) is 1. The summed E-state index contributed by atoms with van der Waals surface area (Å²) in [5.41, 5.74) is 0.278. The zero-order valence-electron chi connectivity index (χ0n) is 8.41. The fourth-order valence-corrected chi connectivity index (χ4v) is 1.48. The van der Waals surface area contributed by atoms with Crippen molar-refractivity contribution in [3.63, 3.8) is 0 Å². The molecule has 0 spiro atoms. The predicted octanol–water partition coefficient (Wildman–Crippen LogP) is 3.15. The van der Waals surface area contributed by atoms with Crippen LogP contribution in [0.4, 0.5) is 5.69 Å². The van der Waals surface area contributed by atoms with Crippen molar-refractivity contribution < 1.29 is 9.72 Å². The van der Waals surface area contributed by atoms with Gasteiger partial charge in [-0.05, 0) is 19.1 Å². The lowest BCUT2D eigenvalue weighted by molar-refractivity contribution is -0.385. The summed E-state index contributed by atoms with van der Waals surface area (Å²) in [6.45, 7) is 3.20. The van der Waals surface area contributed by atoms with Crippen molar-refractivity contribution in [3.05, 3.63) is 38.4 Å². The van der Waals surface area contributed by atoms with Crippen LogP contribution in [-0.2, 0) is 0 Å². The van der Waals surface area contributed by atoms with Gasteiger partial charge in [0.2, 0.25) is 0 Å². The molecule has 1 aromatic carbocycles. The minimum absolute atomic E-state index is 0.129. The molecule has 0 aromatic heterocycles. The summed E-state index contributed by atoms with van der Waals surface area (Å²) < 4.78 is 0. The number of hydrogen-bond acceptors (Lipinski definition) is 3. The zero-order chi connectivity index (χ0) is 11.6. The average molecular weight is 228 g/mol. The van der Waals surface area contributed by atoms with Gasteiger partial charge in [-0.25, -0.2) is 0 Å². The van der Waals surface area contributed by atoms with Gasteiger partial charge in [0.25, 0.3) is 5.69 Å². The van der Waals surface area contributed by atoms with Crippen LogP contribution >= 0.6 is 11.6 Å². The molecule has 0 bridgehead atoms. The van der Waals surface area contributed by atoms with Gasteiger partial charge in [0.15, 0.2) is 5.78 Å². The maximum Gasteiger partial charge on any atom is 0.284 e. The van der Waals surface area contributed by atoms with E-state index in [1.807, 2.05) is 0 Å². The summed E-state index contributed by atoms with van der Waals surface area (Å²) in [4.78, 5) is 21.7. The number of carbonyl (C=O) groups excluding carboxylic acids is 1. The Balaban J connectivity index is 3.46. The van der Waals surface area contributed by atoms with Crippen LogP contribution in [0, 0.1) is 17.0 Å². The monoisotopic (exact) mass is 227 g/mol. The maximum atomic E-state index is 11.5. The van der Waals surface area contributed by atoms with Crippen LogP contribution in [0.3, 0.4) is 0 Å². The van der Waals surface area contributed by atoms with E-state index < -0.39 is 4.92 Å². The molecule has 4 nitrogen and oxygen atoms in total. The molecular weight excluding hydrogens is 218 g/mol. The third-order valence-electron chi connectivity index (χ3n) is 2.17. The van der Waals surface area contributed by atoms with Gasteiger partial charge in [0, 0.05) is 12.0 Å². The molecule has 0 unspecified atom stereocenters. The number of hydrogen-bond donors (Lipinski definition) is 0. The van der Waals surface area contributed by atoms with E-state index in [4.69, 9.17) is 11.6 Å². The summed E-state index contributed by atoms with van der Waals surface area (Å²) in [7, 11) is 0. The molecule has 0 amide bonds. The molecule has 0 saturated carbocycles. The van der Waals surface area contributed by atoms with E-state index >= 15 is 0 Å². The second-order valence-electron chi connectivity index (χ2n) is 3.10. The molecule has 0 aliphatic carbocycles. The van der Waals surface area contributed by atoms with Gasteiger partial charge in [-0.15, -0.1) is 0 Å². The normalized spacial score (nSPS) is 10.1. The first-order valence-corrected chi connectivity index (χ1v) is 4.83. The Labute approximate surface area is 92.0 Å². The van der Waals surface area contributed by atoms with Gasteiger partial charge in [0.1, 0.15) is 0 Å². The van der Waals surface area contributed by atoms with E-state index in [9.17, 15) is 14.9 Å². The fraction of sp³-hybridized carbons (Fsp3) is 0.300. The van der Waals surface area contributed by atoms with Crippen molar-refractivity contribution in [2.24, 2.45) is 0 Å². The standard InChI is InChI=1S/C10H10ClNO3/c1-3-9(13)7-4-5-8(11)6(2)10(7)12(14)15/h4-5H,3H2,1-2H3. The predicted molar refractivity (Wildman–Crippen MR) is 57.5 cm³/mol. The van der Waals surface area contributed by atoms with Crippen molar-refractivity contribution in [2.45, 2.75) is 20.3 Å². The minimum Gasteiger partial charge on any atom is -0.294 e. The molecule has 0 heterocycles. The Morgan fingerprint density at radius 2 is 2.13 bits per heavy atom. The molecule has 0 N–H and O–H groups in total. The van der Waals surface area contributed by atoms with Crippen LogP contribution in [0.15, 0.2) is 12.1 Å². The Hall–Kier alpha value is -1.42. The molecule has 80 valence electrons. The van der Waals surface area contributed by atoms with E-state index in [0.29, 0.717) is 10.6 Å². The smallest absolute Gasteiger partial charge is 0.284 e. The number of carbonyl (C=O) groups is 1. The molecule has 0 aliphatic rings. The van der Waals surface area contributed by atoms with Crippen molar-refractivity contribution in [1.29, 1.82) is 0 Å². The molecule has 5 heteroatoms. The molecule has 0 saturated heterocycles. The average Bonchev–Trinajstić information content (AvgIpc) is 2.20. The van der Waals surface area contributed by atoms with Crippen LogP contribution in [0.5, 0.6) is 0 Å². The number of nitro benzene ring substituents is 1. The molecule has 1 aromatic rings. The lowest BCUT2D eigenvalue weighted by Crippen LogP contribution is -2.04. The molecule has 0 fully saturated rings. The van der Waals surface area contributed by atoms with Crippen LogP contribution < -0.4 is 0 Å². The molecule has 15 heavy (non-hydrogen) atoms. The Morgan fingerprint density at radius 3 is 2.60 bits per heavy atom. The van der Waals surface area contributed by atoms with E-state index in [1.165, 1.54) is 19.1 Å². The molecule has 0 atom stereocenters. The first-order valence-electron chi connectivity index (χ1n) is 4.45. The summed E-state index contributed by atoms with van der Waals surface area (Å²) in [6, 6.07) is 2.91. The van der Waals surface area contributed by atoms with Crippen molar-refractivity contribution in [1.82, 2.24) is 0 Å².